The number of urea groups is 1. The zero-order chi connectivity index (χ0) is 27.4. The van der Waals surface area contributed by atoms with Crippen molar-refractivity contribution in [3.8, 4) is 0 Å². The molecular weight excluding hydrogens is 474 g/mol. The van der Waals surface area contributed by atoms with Gasteiger partial charge in [-0.15, -0.1) is 0 Å². The summed E-state index contributed by atoms with van der Waals surface area (Å²) in [5.41, 5.74) is 0.628. The molecule has 0 bridgehead atoms. The van der Waals surface area contributed by atoms with E-state index in [1.807, 2.05) is 13.8 Å². The van der Waals surface area contributed by atoms with Crippen LogP contribution in [0.25, 0.3) is 0 Å². The van der Waals surface area contributed by atoms with Gasteiger partial charge >= 0.3 is 18.1 Å². The summed E-state index contributed by atoms with van der Waals surface area (Å²) in [4.78, 5) is 60.7. The minimum absolute atomic E-state index is 0.0295. The van der Waals surface area contributed by atoms with E-state index in [0.29, 0.717) is 5.69 Å². The number of rotatable bonds is 12. The first-order chi connectivity index (χ1) is 16.9. The normalized spacial score (nSPS) is 13.2. The first kappa shape index (κ1) is 30.2. The number of hydrogen-bond acceptors (Lipinski definition) is 7. The highest BCUT2D eigenvalue weighted by Gasteiger charge is 2.31. The molecule has 0 fully saturated rings. The Bertz CT molecular complexity index is 937. The lowest BCUT2D eigenvalue weighted by molar-refractivity contribution is -0.143. The summed E-state index contributed by atoms with van der Waals surface area (Å²) in [5, 5.41) is 31.1. The van der Waals surface area contributed by atoms with Crippen molar-refractivity contribution in [2.24, 2.45) is 11.8 Å². The lowest BCUT2D eigenvalue weighted by atomic mass is 10.00. The van der Waals surface area contributed by atoms with Gasteiger partial charge in [-0.1, -0.05) is 33.8 Å². The number of aliphatic hydroxyl groups excluding tert-OH is 1. The molecule has 0 saturated heterocycles. The summed E-state index contributed by atoms with van der Waals surface area (Å²) in [6.45, 7) is 6.16. The van der Waals surface area contributed by atoms with Gasteiger partial charge in [-0.05, 0) is 36.5 Å². The first-order valence-corrected chi connectivity index (χ1v) is 11.3. The van der Waals surface area contributed by atoms with Crippen LogP contribution in [0, 0.1) is 11.8 Å². The Morgan fingerprint density at radius 1 is 0.889 bits per heavy atom. The highest BCUT2D eigenvalue weighted by Crippen LogP contribution is 2.15. The standard InChI is InChI=1S/C23H35N5O8/c1-12(2)9-16(19(30)28-18(13(3)4)21(32)33)26-20(31)17(11-29)27-22(34)24-14-7-6-8-15(10-14)25-23(35)36-5/h6-8,10,12-13,16-18,29H,9,11H2,1-5H3,(H,25,35)(H,26,31)(H,28,30)(H,32,33)(H2,24,27,34)/t16-,17-,18-/m0/s1. The summed E-state index contributed by atoms with van der Waals surface area (Å²) < 4.78 is 4.51. The molecule has 3 atom stereocenters. The van der Waals surface area contributed by atoms with Gasteiger partial charge < -0.3 is 36.2 Å². The fraction of sp³-hybridized carbons (Fsp3) is 0.522. The Morgan fingerprint density at radius 3 is 1.97 bits per heavy atom. The van der Waals surface area contributed by atoms with Crippen LogP contribution < -0.4 is 26.6 Å². The van der Waals surface area contributed by atoms with Crippen molar-refractivity contribution in [1.82, 2.24) is 16.0 Å². The number of nitrogens with one attached hydrogen (secondary N) is 5. The van der Waals surface area contributed by atoms with Crippen LogP contribution in [-0.4, -0.2) is 72.0 Å². The average Bonchev–Trinajstić information content (AvgIpc) is 2.79. The van der Waals surface area contributed by atoms with Crippen LogP contribution in [0.15, 0.2) is 24.3 Å². The van der Waals surface area contributed by atoms with Gasteiger partial charge in [0.2, 0.25) is 11.8 Å². The van der Waals surface area contributed by atoms with Gasteiger partial charge in [-0.3, -0.25) is 14.9 Å². The molecule has 0 aliphatic rings. The molecule has 0 heterocycles. The van der Waals surface area contributed by atoms with Gasteiger partial charge in [0.25, 0.3) is 0 Å². The molecule has 0 saturated carbocycles. The number of carboxylic acid groups (broad SMARTS) is 1. The minimum Gasteiger partial charge on any atom is -0.480 e. The molecule has 0 aliphatic carbocycles. The van der Waals surface area contributed by atoms with Crippen molar-refractivity contribution in [2.45, 2.75) is 52.2 Å². The second-order valence-electron chi connectivity index (χ2n) is 8.79. The Morgan fingerprint density at radius 2 is 1.47 bits per heavy atom. The molecule has 1 aromatic carbocycles. The molecule has 1 rings (SSSR count). The number of carbonyl (C=O) groups excluding carboxylic acids is 4. The summed E-state index contributed by atoms with van der Waals surface area (Å²) >= 11 is 0. The summed E-state index contributed by atoms with van der Waals surface area (Å²) in [7, 11) is 1.20. The monoisotopic (exact) mass is 509 g/mol. The van der Waals surface area contributed by atoms with Crippen LogP contribution in [0.5, 0.6) is 0 Å². The van der Waals surface area contributed by atoms with E-state index in [4.69, 9.17) is 0 Å². The van der Waals surface area contributed by atoms with E-state index in [1.165, 1.54) is 19.2 Å². The van der Waals surface area contributed by atoms with Gasteiger partial charge in [0.1, 0.15) is 18.1 Å². The van der Waals surface area contributed by atoms with Gasteiger partial charge in [0.15, 0.2) is 0 Å². The molecule has 36 heavy (non-hydrogen) atoms. The highest BCUT2D eigenvalue weighted by molar-refractivity contribution is 5.96. The third-order valence-corrected chi connectivity index (χ3v) is 4.93. The number of benzene rings is 1. The number of hydrogen-bond donors (Lipinski definition) is 7. The van der Waals surface area contributed by atoms with E-state index in [2.05, 4.69) is 31.3 Å². The summed E-state index contributed by atoms with van der Waals surface area (Å²) in [6.07, 6.45) is -0.497. The van der Waals surface area contributed by atoms with Crippen LogP contribution in [-0.2, 0) is 19.1 Å². The number of carbonyl (C=O) groups is 5. The maximum absolute atomic E-state index is 12.7. The van der Waals surface area contributed by atoms with Gasteiger partial charge in [0.05, 0.1) is 13.7 Å². The summed E-state index contributed by atoms with van der Waals surface area (Å²) in [6, 6.07) is 1.66. The average molecular weight is 510 g/mol. The minimum atomic E-state index is -1.40. The molecular formula is C23H35N5O8. The van der Waals surface area contributed by atoms with Crippen molar-refractivity contribution in [3.63, 3.8) is 0 Å². The third kappa shape index (κ3) is 10.2. The van der Waals surface area contributed by atoms with Crippen molar-refractivity contribution in [1.29, 1.82) is 0 Å². The molecule has 5 amide bonds. The number of methoxy groups -OCH3 is 1. The smallest absolute Gasteiger partial charge is 0.411 e. The SMILES string of the molecule is COC(=O)Nc1cccc(NC(=O)N[C@@H](CO)C(=O)N[C@@H](CC(C)C)C(=O)N[C@H](C(=O)O)C(C)C)c1. The second-order valence-corrected chi connectivity index (χ2v) is 8.79. The molecule has 0 unspecified atom stereocenters. The zero-order valence-corrected chi connectivity index (χ0v) is 21.0. The van der Waals surface area contributed by atoms with Crippen LogP contribution in [0.4, 0.5) is 21.0 Å². The number of carboxylic acids is 1. The predicted octanol–water partition coefficient (Wildman–Crippen LogP) is 1.10. The first-order valence-electron chi connectivity index (χ1n) is 11.3. The number of amides is 5. The predicted molar refractivity (Wildman–Crippen MR) is 131 cm³/mol. The molecule has 0 aliphatic heterocycles. The van der Waals surface area contributed by atoms with Crippen LogP contribution >= 0.6 is 0 Å². The highest BCUT2D eigenvalue weighted by atomic mass is 16.5. The van der Waals surface area contributed by atoms with Crippen molar-refractivity contribution in [3.05, 3.63) is 24.3 Å². The second kappa shape index (κ2) is 14.5. The molecule has 200 valence electrons. The molecule has 13 heteroatoms. The topological polar surface area (TPSA) is 195 Å². The molecule has 0 aromatic heterocycles. The lowest BCUT2D eigenvalue weighted by Crippen LogP contribution is -2.57. The molecule has 13 nitrogen and oxygen atoms in total. The van der Waals surface area contributed by atoms with Crippen LogP contribution in [0.3, 0.4) is 0 Å². The van der Waals surface area contributed by atoms with E-state index in [1.54, 1.807) is 26.0 Å². The Balaban J connectivity index is 2.86. The Labute approximate surface area is 209 Å². The van der Waals surface area contributed by atoms with E-state index in [-0.39, 0.29) is 18.0 Å². The Hall–Kier alpha value is -3.87. The zero-order valence-electron chi connectivity index (χ0n) is 21.0. The van der Waals surface area contributed by atoms with Crippen LogP contribution in [0.2, 0.25) is 0 Å². The number of anilines is 2. The lowest BCUT2D eigenvalue weighted by Gasteiger charge is -2.26. The number of aliphatic carboxylic acids is 1. The van der Waals surface area contributed by atoms with Crippen molar-refractivity contribution in [2.75, 3.05) is 24.4 Å². The quantitative estimate of drug-likeness (QED) is 0.217. The summed E-state index contributed by atoms with van der Waals surface area (Å²) in [5.74, 6) is -3.14. The number of aliphatic hydroxyl groups is 1. The van der Waals surface area contributed by atoms with E-state index >= 15 is 0 Å². The van der Waals surface area contributed by atoms with Crippen molar-refractivity contribution >= 4 is 41.3 Å². The molecule has 0 spiro atoms. The van der Waals surface area contributed by atoms with E-state index in [0.717, 1.165) is 0 Å². The maximum atomic E-state index is 12.7. The third-order valence-electron chi connectivity index (χ3n) is 4.93. The van der Waals surface area contributed by atoms with Gasteiger partial charge in [0, 0.05) is 11.4 Å². The Kier molecular flexibility index (Phi) is 12.2. The van der Waals surface area contributed by atoms with Crippen molar-refractivity contribution < 1.29 is 38.9 Å². The number of ether oxygens (including phenoxy) is 1. The fourth-order valence-electron chi connectivity index (χ4n) is 3.11. The molecule has 7 N–H and O–H groups in total. The molecule has 0 radical (unpaired) electrons. The van der Waals surface area contributed by atoms with E-state index in [9.17, 15) is 34.2 Å². The van der Waals surface area contributed by atoms with Crippen LogP contribution in [0.1, 0.15) is 34.1 Å². The van der Waals surface area contributed by atoms with E-state index < -0.39 is 60.6 Å². The molecule has 1 aromatic rings. The largest absolute Gasteiger partial charge is 0.480 e. The van der Waals surface area contributed by atoms with Gasteiger partial charge in [-0.25, -0.2) is 14.4 Å². The van der Waals surface area contributed by atoms with Gasteiger partial charge in [-0.2, -0.15) is 0 Å². The maximum Gasteiger partial charge on any atom is 0.411 e. The fourth-order valence-corrected chi connectivity index (χ4v) is 3.11.